The number of fused-ring (bicyclic) bond motifs is 2. The van der Waals surface area contributed by atoms with Gasteiger partial charge in [-0.1, -0.05) is 20.8 Å². The van der Waals surface area contributed by atoms with Crippen LogP contribution in [-0.4, -0.2) is 24.5 Å². The molecule has 2 fully saturated rings. The van der Waals surface area contributed by atoms with Crippen molar-refractivity contribution >= 4 is 5.84 Å². The van der Waals surface area contributed by atoms with Gasteiger partial charge in [-0.3, -0.25) is 0 Å². The van der Waals surface area contributed by atoms with Crippen molar-refractivity contribution in [2.45, 2.75) is 46.1 Å². The Hall–Kier alpha value is -1.63. The van der Waals surface area contributed by atoms with E-state index in [2.05, 4.69) is 31.0 Å². The van der Waals surface area contributed by atoms with Gasteiger partial charge in [0.2, 0.25) is 0 Å². The summed E-state index contributed by atoms with van der Waals surface area (Å²) in [6, 6.07) is 4.60. The Bertz CT molecular complexity index is 618. The molecular weight excluding hydrogens is 268 g/mol. The lowest BCUT2D eigenvalue weighted by Crippen LogP contribution is -2.41. The second kappa shape index (κ2) is 3.76. The first kappa shape index (κ1) is 14.3. The number of hydrogen-bond acceptors (Lipinski definition) is 6. The average Bonchev–Trinajstić information content (AvgIpc) is 2.62. The number of nitrogens with zero attached hydrogens (tertiary/aromatic N) is 3. The van der Waals surface area contributed by atoms with Crippen LogP contribution in [-0.2, 0) is 9.47 Å². The molecule has 3 rings (SSSR count). The minimum atomic E-state index is -1.43. The van der Waals surface area contributed by atoms with E-state index in [1.54, 1.807) is 0 Å². The molecule has 112 valence electrons. The molecule has 0 bridgehead atoms. The Balaban J connectivity index is 2.20. The minimum absolute atomic E-state index is 0.170. The molecule has 2 aliphatic heterocycles. The lowest BCUT2D eigenvalue weighted by atomic mass is 9.84. The van der Waals surface area contributed by atoms with Crippen molar-refractivity contribution in [2.24, 2.45) is 32.9 Å². The van der Waals surface area contributed by atoms with Gasteiger partial charge in [-0.25, -0.2) is 4.99 Å². The van der Waals surface area contributed by atoms with Crippen molar-refractivity contribution in [1.29, 1.82) is 10.5 Å². The molecule has 1 spiro atoms. The normalized spacial score (nSPS) is 50.6. The van der Waals surface area contributed by atoms with Crippen LogP contribution < -0.4 is 5.73 Å². The first-order valence-electron chi connectivity index (χ1n) is 7.27. The third-order valence-electron chi connectivity index (χ3n) is 5.31. The van der Waals surface area contributed by atoms with Gasteiger partial charge in [0.25, 0.3) is 5.91 Å². The summed E-state index contributed by atoms with van der Waals surface area (Å²) < 4.78 is 11.6. The van der Waals surface area contributed by atoms with Crippen molar-refractivity contribution < 1.29 is 9.47 Å². The SMILES string of the molecule is CC(C)C[C@@]1(C)[C@]2(C#N)C(N)=N[C@@]3(OC[C@@H](C)O3)[C@]12C#N. The Morgan fingerprint density at radius 1 is 1.43 bits per heavy atom. The fraction of sp³-hybridized carbons (Fsp3) is 0.800. The predicted molar refractivity (Wildman–Crippen MR) is 74.5 cm³/mol. The van der Waals surface area contributed by atoms with Crippen molar-refractivity contribution in [1.82, 2.24) is 0 Å². The zero-order chi connectivity index (χ0) is 15.7. The van der Waals surface area contributed by atoms with Crippen LogP contribution in [0.3, 0.4) is 0 Å². The van der Waals surface area contributed by atoms with Crippen LogP contribution in [0.1, 0.15) is 34.1 Å². The second-order valence-corrected chi connectivity index (χ2v) is 6.97. The zero-order valence-corrected chi connectivity index (χ0v) is 12.8. The molecule has 2 N–H and O–H groups in total. The minimum Gasteiger partial charge on any atom is -0.386 e. The van der Waals surface area contributed by atoms with Gasteiger partial charge in [-0.2, -0.15) is 10.5 Å². The van der Waals surface area contributed by atoms with E-state index in [0.29, 0.717) is 18.9 Å². The van der Waals surface area contributed by atoms with E-state index >= 15 is 0 Å². The molecule has 21 heavy (non-hydrogen) atoms. The average molecular weight is 288 g/mol. The zero-order valence-electron chi connectivity index (χ0n) is 12.8. The van der Waals surface area contributed by atoms with Gasteiger partial charge in [-0.05, 0) is 19.3 Å². The van der Waals surface area contributed by atoms with E-state index in [4.69, 9.17) is 15.2 Å². The standard InChI is InChI=1S/C15H20N4O2/c1-9(2)5-12(4)13(7-16)11(18)19-15(14(12,13)8-17)20-6-10(3)21-15/h9-10H,5-6H2,1-4H3,(H2,18,19)/t10-,12+,13+,14-,15-/m1/s1. The third kappa shape index (κ3) is 1.15. The van der Waals surface area contributed by atoms with Gasteiger partial charge >= 0.3 is 0 Å². The molecule has 0 amide bonds. The summed E-state index contributed by atoms with van der Waals surface area (Å²) in [5.41, 5.74) is 3.19. The number of hydrogen-bond donors (Lipinski definition) is 1. The monoisotopic (exact) mass is 288 g/mol. The highest BCUT2D eigenvalue weighted by Crippen LogP contribution is 2.87. The molecule has 0 aromatic heterocycles. The second-order valence-electron chi connectivity index (χ2n) is 6.97. The molecule has 1 saturated heterocycles. The fourth-order valence-corrected chi connectivity index (χ4v) is 4.66. The smallest absolute Gasteiger partial charge is 0.293 e. The summed E-state index contributed by atoms with van der Waals surface area (Å²) in [6.07, 6.45) is 0.512. The highest BCUT2D eigenvalue weighted by Gasteiger charge is 2.99. The Labute approximate surface area is 124 Å². The molecule has 3 aliphatic rings. The lowest BCUT2D eigenvalue weighted by Gasteiger charge is -2.30. The maximum atomic E-state index is 9.95. The topological polar surface area (TPSA) is 104 Å². The molecule has 2 heterocycles. The molecule has 5 atom stereocenters. The van der Waals surface area contributed by atoms with E-state index in [9.17, 15) is 10.5 Å². The Morgan fingerprint density at radius 2 is 2.10 bits per heavy atom. The van der Waals surface area contributed by atoms with E-state index in [1.807, 2.05) is 13.8 Å². The maximum Gasteiger partial charge on any atom is 0.293 e. The van der Waals surface area contributed by atoms with E-state index < -0.39 is 22.2 Å². The van der Waals surface area contributed by atoms with Crippen LogP contribution in [0.4, 0.5) is 0 Å². The highest BCUT2D eigenvalue weighted by atomic mass is 16.8. The van der Waals surface area contributed by atoms with Crippen molar-refractivity contribution in [3.8, 4) is 12.1 Å². The first-order chi connectivity index (χ1) is 9.77. The predicted octanol–water partition coefficient (Wildman–Crippen LogP) is 1.53. The molecular formula is C15H20N4O2. The summed E-state index contributed by atoms with van der Waals surface area (Å²) in [7, 11) is 0. The number of amidine groups is 1. The van der Waals surface area contributed by atoms with Gasteiger partial charge in [0, 0.05) is 5.41 Å². The van der Waals surface area contributed by atoms with Gasteiger partial charge in [0.05, 0.1) is 24.8 Å². The van der Waals surface area contributed by atoms with E-state index in [-0.39, 0.29) is 11.9 Å². The summed E-state index contributed by atoms with van der Waals surface area (Å²) in [6.45, 7) is 8.26. The molecule has 0 unspecified atom stereocenters. The lowest BCUT2D eigenvalue weighted by molar-refractivity contribution is -0.200. The molecule has 6 nitrogen and oxygen atoms in total. The van der Waals surface area contributed by atoms with Crippen LogP contribution in [0, 0.1) is 44.8 Å². The van der Waals surface area contributed by atoms with Crippen molar-refractivity contribution in [3.63, 3.8) is 0 Å². The maximum absolute atomic E-state index is 9.95. The largest absolute Gasteiger partial charge is 0.386 e. The molecule has 0 aromatic carbocycles. The molecule has 1 saturated carbocycles. The van der Waals surface area contributed by atoms with Crippen LogP contribution in [0.2, 0.25) is 0 Å². The number of nitrogens with two attached hydrogens (primary N) is 1. The first-order valence-corrected chi connectivity index (χ1v) is 7.27. The number of aliphatic imine (C=N–C) groups is 1. The van der Waals surface area contributed by atoms with Crippen LogP contribution in [0.25, 0.3) is 0 Å². The number of ether oxygens (including phenoxy) is 2. The molecule has 0 radical (unpaired) electrons. The quantitative estimate of drug-likeness (QED) is 0.829. The summed E-state index contributed by atoms with van der Waals surface area (Å²) >= 11 is 0. The summed E-state index contributed by atoms with van der Waals surface area (Å²) in [5, 5.41) is 19.8. The number of rotatable bonds is 2. The van der Waals surface area contributed by atoms with E-state index in [1.165, 1.54) is 0 Å². The third-order valence-corrected chi connectivity index (χ3v) is 5.31. The van der Waals surface area contributed by atoms with Crippen LogP contribution in [0.15, 0.2) is 4.99 Å². The summed E-state index contributed by atoms with van der Waals surface area (Å²) in [4.78, 5) is 4.29. The van der Waals surface area contributed by atoms with Gasteiger partial charge < -0.3 is 15.2 Å². The Morgan fingerprint density at radius 3 is 2.52 bits per heavy atom. The van der Waals surface area contributed by atoms with Crippen LogP contribution in [0.5, 0.6) is 0 Å². The fourth-order valence-electron chi connectivity index (χ4n) is 4.66. The Kier molecular flexibility index (Phi) is 2.57. The number of nitriles is 2. The molecule has 6 heteroatoms. The van der Waals surface area contributed by atoms with Crippen LogP contribution >= 0.6 is 0 Å². The summed E-state index contributed by atoms with van der Waals surface area (Å²) in [5.74, 6) is -0.937. The van der Waals surface area contributed by atoms with Gasteiger partial charge in [0.15, 0.2) is 5.41 Å². The van der Waals surface area contributed by atoms with Gasteiger partial charge in [0.1, 0.15) is 11.3 Å². The van der Waals surface area contributed by atoms with Crippen molar-refractivity contribution in [2.75, 3.05) is 6.61 Å². The molecule has 1 aliphatic carbocycles. The van der Waals surface area contributed by atoms with Gasteiger partial charge in [-0.15, -0.1) is 0 Å². The highest BCUT2D eigenvalue weighted by molar-refractivity contribution is 6.00. The van der Waals surface area contributed by atoms with Crippen molar-refractivity contribution in [3.05, 3.63) is 0 Å². The molecule has 0 aromatic rings. The van der Waals surface area contributed by atoms with E-state index in [0.717, 1.165) is 0 Å².